The van der Waals surface area contributed by atoms with Crippen molar-refractivity contribution in [2.75, 3.05) is 0 Å². The van der Waals surface area contributed by atoms with Crippen LogP contribution >= 0.6 is 46.1 Å². The first kappa shape index (κ1) is 16.5. The molecule has 23 heavy (non-hydrogen) atoms. The monoisotopic (exact) mass is 384 g/mol. The van der Waals surface area contributed by atoms with E-state index in [0.29, 0.717) is 26.4 Å². The fourth-order valence-electron chi connectivity index (χ4n) is 2.25. The van der Waals surface area contributed by atoms with Gasteiger partial charge in [-0.25, -0.2) is 0 Å². The van der Waals surface area contributed by atoms with Crippen molar-refractivity contribution < 1.29 is 4.79 Å². The summed E-state index contributed by atoms with van der Waals surface area (Å²) < 4.78 is 2.94. The van der Waals surface area contributed by atoms with E-state index in [1.54, 1.807) is 12.1 Å². The van der Waals surface area contributed by atoms with Gasteiger partial charge in [0, 0.05) is 16.6 Å². The standard InChI is InChI=1S/C16H11Cl3N2OS/c1-2-21-13-6-4-10(18)8-14(13)23-16(21)20-15(22)11-7-9(17)3-5-12(11)19/h3-8H,2H2,1H3. The van der Waals surface area contributed by atoms with Gasteiger partial charge in [0.05, 0.1) is 20.8 Å². The van der Waals surface area contributed by atoms with E-state index in [1.807, 2.05) is 29.7 Å². The Labute approximate surface area is 151 Å². The second-order valence-corrected chi connectivity index (χ2v) is 7.07. The highest BCUT2D eigenvalue weighted by molar-refractivity contribution is 7.16. The summed E-state index contributed by atoms with van der Waals surface area (Å²) >= 11 is 19.4. The zero-order chi connectivity index (χ0) is 16.6. The fraction of sp³-hybridized carbons (Fsp3) is 0.125. The van der Waals surface area contributed by atoms with Gasteiger partial charge in [-0.05, 0) is 43.3 Å². The van der Waals surface area contributed by atoms with Crippen LogP contribution in [0, 0.1) is 0 Å². The number of nitrogens with zero attached hydrogens (tertiary/aromatic N) is 2. The van der Waals surface area contributed by atoms with E-state index in [4.69, 9.17) is 34.8 Å². The van der Waals surface area contributed by atoms with Gasteiger partial charge in [0.2, 0.25) is 0 Å². The molecule has 0 fully saturated rings. The van der Waals surface area contributed by atoms with Gasteiger partial charge >= 0.3 is 0 Å². The van der Waals surface area contributed by atoms with E-state index in [1.165, 1.54) is 17.4 Å². The van der Waals surface area contributed by atoms with E-state index >= 15 is 0 Å². The lowest BCUT2D eigenvalue weighted by molar-refractivity contribution is 0.0998. The van der Waals surface area contributed by atoms with E-state index < -0.39 is 5.91 Å². The maximum Gasteiger partial charge on any atom is 0.281 e. The summed E-state index contributed by atoms with van der Waals surface area (Å²) in [6, 6.07) is 10.4. The summed E-state index contributed by atoms with van der Waals surface area (Å²) in [4.78, 5) is 17.3. The molecule has 2 aromatic carbocycles. The van der Waals surface area contributed by atoms with Gasteiger partial charge in [0.15, 0.2) is 4.80 Å². The highest BCUT2D eigenvalue weighted by atomic mass is 35.5. The predicted octanol–water partition coefficient (Wildman–Crippen LogP) is 5.42. The fourth-order valence-corrected chi connectivity index (χ4v) is 3.99. The molecule has 0 aliphatic rings. The number of rotatable bonds is 2. The number of fused-ring (bicyclic) bond motifs is 1. The quantitative estimate of drug-likeness (QED) is 0.579. The topological polar surface area (TPSA) is 34.4 Å². The normalized spacial score (nSPS) is 12.1. The Morgan fingerprint density at radius 2 is 1.83 bits per heavy atom. The molecule has 0 N–H and O–H groups in total. The minimum absolute atomic E-state index is 0.289. The van der Waals surface area contributed by atoms with Crippen molar-refractivity contribution in [3.63, 3.8) is 0 Å². The lowest BCUT2D eigenvalue weighted by atomic mass is 10.2. The molecule has 7 heteroatoms. The molecule has 0 bridgehead atoms. The first-order chi connectivity index (χ1) is 11.0. The SMILES string of the molecule is CCn1c(=NC(=O)c2cc(Cl)ccc2Cl)sc2cc(Cl)ccc21. The van der Waals surface area contributed by atoms with Gasteiger partial charge in [-0.15, -0.1) is 0 Å². The number of thiazole rings is 1. The third-order valence-corrected chi connectivity index (χ3v) is 5.16. The Bertz CT molecular complexity index is 975. The molecular weight excluding hydrogens is 375 g/mol. The maximum atomic E-state index is 12.5. The molecule has 0 spiro atoms. The number of carbonyl (C=O) groups is 1. The minimum atomic E-state index is -0.419. The summed E-state index contributed by atoms with van der Waals surface area (Å²) in [5.41, 5.74) is 1.28. The van der Waals surface area contributed by atoms with Crippen LogP contribution in [0.5, 0.6) is 0 Å². The van der Waals surface area contributed by atoms with Crippen molar-refractivity contribution >= 4 is 62.3 Å². The van der Waals surface area contributed by atoms with E-state index in [2.05, 4.69) is 4.99 Å². The van der Waals surface area contributed by atoms with Crippen LogP contribution in [0.25, 0.3) is 10.2 Å². The lowest BCUT2D eigenvalue weighted by Gasteiger charge is -2.01. The summed E-state index contributed by atoms with van der Waals surface area (Å²) in [5.74, 6) is -0.419. The second kappa shape index (κ2) is 6.65. The average Bonchev–Trinajstić information content (AvgIpc) is 2.85. The van der Waals surface area contributed by atoms with Crippen molar-refractivity contribution in [3.8, 4) is 0 Å². The molecule has 1 heterocycles. The summed E-state index contributed by atoms with van der Waals surface area (Å²) in [5, 5.41) is 1.42. The van der Waals surface area contributed by atoms with Crippen molar-refractivity contribution in [2.45, 2.75) is 13.5 Å². The van der Waals surface area contributed by atoms with Crippen LogP contribution in [0.3, 0.4) is 0 Å². The molecule has 0 atom stereocenters. The highest BCUT2D eigenvalue weighted by Gasteiger charge is 2.12. The smallest absolute Gasteiger partial charge is 0.281 e. The molecule has 3 rings (SSSR count). The Morgan fingerprint density at radius 3 is 2.57 bits per heavy atom. The number of halogens is 3. The number of carbonyl (C=O) groups excluding carboxylic acids is 1. The van der Waals surface area contributed by atoms with Gasteiger partial charge in [0.25, 0.3) is 5.91 Å². The summed E-state index contributed by atoms with van der Waals surface area (Å²) in [6.45, 7) is 2.69. The Kier molecular flexibility index (Phi) is 4.78. The van der Waals surface area contributed by atoms with Crippen LogP contribution in [0.4, 0.5) is 0 Å². The predicted molar refractivity (Wildman–Crippen MR) is 96.9 cm³/mol. The van der Waals surface area contributed by atoms with Crippen LogP contribution in [0.15, 0.2) is 41.4 Å². The molecular formula is C16H11Cl3N2OS. The van der Waals surface area contributed by atoms with Crippen molar-refractivity contribution in [3.05, 3.63) is 61.8 Å². The van der Waals surface area contributed by atoms with Gasteiger partial charge in [-0.1, -0.05) is 46.1 Å². The maximum absolute atomic E-state index is 12.5. The molecule has 3 nitrogen and oxygen atoms in total. The molecule has 0 aliphatic carbocycles. The molecule has 3 aromatic rings. The number of aryl methyl sites for hydroxylation is 1. The number of hydrogen-bond acceptors (Lipinski definition) is 2. The molecule has 118 valence electrons. The Balaban J connectivity index is 2.17. The van der Waals surface area contributed by atoms with Gasteiger partial charge in [-0.2, -0.15) is 4.99 Å². The molecule has 0 saturated carbocycles. The Hall–Kier alpha value is -1.33. The number of benzene rings is 2. The third-order valence-electron chi connectivity index (χ3n) is 3.32. The highest BCUT2D eigenvalue weighted by Crippen LogP contribution is 2.23. The molecule has 0 unspecified atom stereocenters. The van der Waals surface area contributed by atoms with Crippen LogP contribution in [0.2, 0.25) is 15.1 Å². The van der Waals surface area contributed by atoms with Gasteiger partial charge in [0.1, 0.15) is 0 Å². The second-order valence-electron chi connectivity index (χ2n) is 4.78. The number of hydrogen-bond donors (Lipinski definition) is 0. The average molecular weight is 386 g/mol. The summed E-state index contributed by atoms with van der Waals surface area (Å²) in [6.07, 6.45) is 0. The molecule has 0 aliphatic heterocycles. The molecule has 0 radical (unpaired) electrons. The van der Waals surface area contributed by atoms with Crippen LogP contribution in [-0.2, 0) is 6.54 Å². The Morgan fingerprint density at radius 1 is 1.13 bits per heavy atom. The first-order valence-electron chi connectivity index (χ1n) is 6.82. The van der Waals surface area contributed by atoms with Gasteiger partial charge in [-0.3, -0.25) is 4.79 Å². The van der Waals surface area contributed by atoms with E-state index in [0.717, 1.165) is 10.2 Å². The number of aromatic nitrogens is 1. The lowest BCUT2D eigenvalue weighted by Crippen LogP contribution is -2.16. The number of amides is 1. The zero-order valence-electron chi connectivity index (χ0n) is 12.0. The van der Waals surface area contributed by atoms with Crippen molar-refractivity contribution in [2.24, 2.45) is 4.99 Å². The first-order valence-corrected chi connectivity index (χ1v) is 8.77. The minimum Gasteiger partial charge on any atom is -0.317 e. The van der Waals surface area contributed by atoms with Gasteiger partial charge < -0.3 is 4.57 Å². The zero-order valence-corrected chi connectivity index (χ0v) is 15.1. The van der Waals surface area contributed by atoms with Crippen LogP contribution in [-0.4, -0.2) is 10.5 Å². The van der Waals surface area contributed by atoms with E-state index in [-0.39, 0.29) is 5.56 Å². The van der Waals surface area contributed by atoms with Crippen molar-refractivity contribution in [1.82, 2.24) is 4.57 Å². The van der Waals surface area contributed by atoms with Crippen LogP contribution in [0.1, 0.15) is 17.3 Å². The van der Waals surface area contributed by atoms with Crippen molar-refractivity contribution in [1.29, 1.82) is 0 Å². The van der Waals surface area contributed by atoms with Crippen LogP contribution < -0.4 is 4.80 Å². The molecule has 1 amide bonds. The van der Waals surface area contributed by atoms with E-state index in [9.17, 15) is 4.79 Å². The molecule has 0 saturated heterocycles. The third kappa shape index (κ3) is 3.31. The molecule has 1 aromatic heterocycles. The largest absolute Gasteiger partial charge is 0.317 e. The summed E-state index contributed by atoms with van der Waals surface area (Å²) in [7, 11) is 0.